The molecule has 1 aliphatic rings. The molecule has 2 rings (SSSR count). The number of rotatable bonds is 5. The van der Waals surface area contributed by atoms with E-state index in [1.54, 1.807) is 5.48 Å². The van der Waals surface area contributed by atoms with Gasteiger partial charge < -0.3 is 15.4 Å². The van der Waals surface area contributed by atoms with E-state index < -0.39 is 17.9 Å². The second-order valence-electron chi connectivity index (χ2n) is 7.68. The number of carbonyl (C=O) groups is 2. The van der Waals surface area contributed by atoms with Crippen LogP contribution in [0, 0.1) is 50.0 Å². The fourth-order valence-corrected chi connectivity index (χ4v) is 3.61. The number of carbonyl (C=O) groups excluding carboxylic acids is 2. The summed E-state index contributed by atoms with van der Waals surface area (Å²) >= 11 is 0. The number of benzene rings is 1. The Balaban J connectivity index is 0.00000450. The maximum Gasteiger partial charge on any atom is 0.273 e. The summed E-state index contributed by atoms with van der Waals surface area (Å²) in [6.45, 7) is 3.90. The SMILES string of the molecule is CC1CCC[N-]CCCCOC(C(=O)NO)C(CCCc2ccccc2)C(=O)N1.[Ac]. The maximum absolute atomic E-state index is 13.0. The zero-order valence-electron chi connectivity index (χ0n) is 17.9. The Hall–Kier alpha value is -0.518. The minimum absolute atomic E-state index is 0. The van der Waals surface area contributed by atoms with Gasteiger partial charge in [-0.25, -0.2) is 5.48 Å². The summed E-state index contributed by atoms with van der Waals surface area (Å²) < 4.78 is 5.79. The molecular formula is C22H34AcN3O4-. The smallest absolute Gasteiger partial charge is 0.273 e. The van der Waals surface area contributed by atoms with Crippen LogP contribution in [-0.4, -0.2) is 48.9 Å². The topological polar surface area (TPSA) is 102 Å². The summed E-state index contributed by atoms with van der Waals surface area (Å²) in [4.78, 5) is 25.3. The molecule has 165 valence electrons. The number of nitrogens with one attached hydrogen (secondary N) is 2. The van der Waals surface area contributed by atoms with E-state index >= 15 is 0 Å². The number of ether oxygens (including phenoxy) is 1. The zero-order chi connectivity index (χ0) is 20.9. The van der Waals surface area contributed by atoms with Crippen LogP contribution in [0.4, 0.5) is 0 Å². The van der Waals surface area contributed by atoms with E-state index in [0.717, 1.165) is 51.6 Å². The summed E-state index contributed by atoms with van der Waals surface area (Å²) in [5, 5.41) is 16.7. The van der Waals surface area contributed by atoms with Crippen molar-refractivity contribution in [1.29, 1.82) is 0 Å². The molecule has 1 aromatic rings. The fourth-order valence-electron chi connectivity index (χ4n) is 3.61. The predicted molar refractivity (Wildman–Crippen MR) is 112 cm³/mol. The summed E-state index contributed by atoms with van der Waals surface area (Å²) in [7, 11) is 0. The zero-order valence-corrected chi connectivity index (χ0v) is 22.6. The molecule has 8 heteroatoms. The molecule has 1 heterocycles. The number of hydrogen-bond acceptors (Lipinski definition) is 4. The van der Waals surface area contributed by atoms with Gasteiger partial charge in [-0.3, -0.25) is 14.8 Å². The van der Waals surface area contributed by atoms with Gasteiger partial charge in [0.15, 0.2) is 0 Å². The normalized spacial score (nSPS) is 24.1. The van der Waals surface area contributed by atoms with E-state index in [1.165, 1.54) is 5.56 Å². The molecule has 1 fully saturated rings. The van der Waals surface area contributed by atoms with E-state index in [9.17, 15) is 14.8 Å². The molecule has 1 aliphatic heterocycles. The Morgan fingerprint density at radius 2 is 1.97 bits per heavy atom. The first kappa shape index (κ1) is 27.5. The summed E-state index contributed by atoms with van der Waals surface area (Å²) in [6.07, 6.45) is 4.45. The average Bonchev–Trinajstić information content (AvgIpc) is 2.73. The monoisotopic (exact) mass is 631 g/mol. The van der Waals surface area contributed by atoms with Crippen molar-refractivity contribution in [2.45, 2.75) is 64.0 Å². The number of aryl methyl sites for hydroxylation is 1. The molecule has 3 N–H and O–H groups in total. The number of hydroxylamine groups is 1. The van der Waals surface area contributed by atoms with Gasteiger partial charge in [0.05, 0.1) is 5.92 Å². The Labute approximate surface area is 215 Å². The van der Waals surface area contributed by atoms with Gasteiger partial charge in [-0.05, 0) is 44.6 Å². The molecule has 3 unspecified atom stereocenters. The Morgan fingerprint density at radius 1 is 1.23 bits per heavy atom. The van der Waals surface area contributed by atoms with Crippen LogP contribution < -0.4 is 10.8 Å². The summed E-state index contributed by atoms with van der Waals surface area (Å²) in [5.74, 6) is -1.52. The van der Waals surface area contributed by atoms with Crippen molar-refractivity contribution < 1.29 is 63.6 Å². The van der Waals surface area contributed by atoms with Crippen LogP contribution in [-0.2, 0) is 20.7 Å². The predicted octanol–water partition coefficient (Wildman–Crippen LogP) is 2.97. The Bertz CT molecular complexity index is 618. The largest absolute Gasteiger partial charge is 0.662 e. The van der Waals surface area contributed by atoms with Gasteiger partial charge in [-0.15, -0.1) is 13.1 Å². The maximum atomic E-state index is 13.0. The second-order valence-corrected chi connectivity index (χ2v) is 7.68. The van der Waals surface area contributed by atoms with Crippen LogP contribution in [0.15, 0.2) is 30.3 Å². The molecule has 3 atom stereocenters. The van der Waals surface area contributed by atoms with E-state index in [2.05, 4.69) is 22.8 Å². The third-order valence-corrected chi connectivity index (χ3v) is 5.24. The minimum atomic E-state index is -1.01. The first-order valence-electron chi connectivity index (χ1n) is 10.6. The fraction of sp³-hybridized carbons (Fsp3) is 0.636. The molecule has 30 heavy (non-hydrogen) atoms. The van der Waals surface area contributed by atoms with Crippen molar-refractivity contribution in [3.05, 3.63) is 41.2 Å². The minimum Gasteiger partial charge on any atom is -0.662 e. The van der Waals surface area contributed by atoms with E-state index in [1.807, 2.05) is 25.1 Å². The van der Waals surface area contributed by atoms with Gasteiger partial charge in [0.25, 0.3) is 5.91 Å². The van der Waals surface area contributed by atoms with Gasteiger partial charge in [-0.1, -0.05) is 43.2 Å². The number of hydrogen-bond donors (Lipinski definition) is 3. The Morgan fingerprint density at radius 3 is 2.70 bits per heavy atom. The van der Waals surface area contributed by atoms with Crippen LogP contribution in [0.5, 0.6) is 0 Å². The molecule has 0 aromatic heterocycles. The van der Waals surface area contributed by atoms with Crippen LogP contribution in [0.25, 0.3) is 5.32 Å². The van der Waals surface area contributed by atoms with Crippen LogP contribution in [0.1, 0.15) is 51.0 Å². The molecule has 0 aliphatic carbocycles. The molecule has 1 aromatic carbocycles. The summed E-state index contributed by atoms with van der Waals surface area (Å²) in [6, 6.07) is 10.0. The van der Waals surface area contributed by atoms with Crippen molar-refractivity contribution in [2.24, 2.45) is 5.92 Å². The first-order valence-corrected chi connectivity index (χ1v) is 10.6. The van der Waals surface area contributed by atoms with E-state index in [4.69, 9.17) is 4.74 Å². The third kappa shape index (κ3) is 10.2. The standard InChI is InChI=1S/C22H34N3O4.Ac/c1-17-9-8-15-23-14-5-6-16-29-20(22(27)25-28)19(21(26)24-17)13-7-12-18-10-3-2-4-11-18;/h2-4,10-11,17,19-20,28H,5-9,12-16H2,1H3,(H,24,26)(H,25,27);/q-1;. The van der Waals surface area contributed by atoms with Crippen molar-refractivity contribution in [3.63, 3.8) is 0 Å². The molecule has 0 saturated carbocycles. The van der Waals surface area contributed by atoms with Crippen molar-refractivity contribution in [1.82, 2.24) is 10.8 Å². The van der Waals surface area contributed by atoms with Gasteiger partial charge in [0.2, 0.25) is 5.91 Å². The molecule has 7 nitrogen and oxygen atoms in total. The van der Waals surface area contributed by atoms with Crippen molar-refractivity contribution in [3.8, 4) is 0 Å². The molecular weight excluding hydrogens is 597 g/mol. The van der Waals surface area contributed by atoms with Crippen LogP contribution in [0.2, 0.25) is 0 Å². The first-order chi connectivity index (χ1) is 14.1. The second kappa shape index (κ2) is 16.2. The molecule has 1 radical (unpaired) electrons. The van der Waals surface area contributed by atoms with Gasteiger partial charge in [-0.2, -0.15) is 0 Å². The van der Waals surface area contributed by atoms with Crippen LogP contribution >= 0.6 is 0 Å². The third-order valence-electron chi connectivity index (χ3n) is 5.24. The number of amides is 2. The summed E-state index contributed by atoms with van der Waals surface area (Å²) in [5.41, 5.74) is 2.87. The molecule has 0 spiro atoms. The number of nitrogens with zero attached hydrogens (tertiary/aromatic N) is 1. The van der Waals surface area contributed by atoms with E-state index in [-0.39, 0.29) is 56.0 Å². The molecule has 0 bridgehead atoms. The van der Waals surface area contributed by atoms with Crippen molar-refractivity contribution >= 4 is 11.8 Å². The van der Waals surface area contributed by atoms with Crippen LogP contribution in [0.3, 0.4) is 0 Å². The Kier molecular flexibility index (Phi) is 14.8. The van der Waals surface area contributed by atoms with Gasteiger partial charge in [0.1, 0.15) is 6.10 Å². The average molecular weight is 632 g/mol. The van der Waals surface area contributed by atoms with Gasteiger partial charge >= 0.3 is 0 Å². The van der Waals surface area contributed by atoms with E-state index in [0.29, 0.717) is 13.0 Å². The molecule has 2 amide bonds. The quantitative estimate of drug-likeness (QED) is 0.344. The van der Waals surface area contributed by atoms with Crippen molar-refractivity contribution in [2.75, 3.05) is 19.7 Å². The molecule has 1 saturated heterocycles. The van der Waals surface area contributed by atoms with Gasteiger partial charge in [0, 0.05) is 56.7 Å².